The first kappa shape index (κ1) is 15.9. The van der Waals surface area contributed by atoms with E-state index in [4.69, 9.17) is 49.1 Å². The van der Waals surface area contributed by atoms with Crippen molar-refractivity contribution in [1.29, 1.82) is 0 Å². The normalized spacial score (nSPS) is 14.2. The molecule has 0 saturated heterocycles. The third-order valence-corrected chi connectivity index (χ3v) is 0.675. The Morgan fingerprint density at radius 1 is 1.33 bits per heavy atom. The Morgan fingerprint density at radius 3 is 1.75 bits per heavy atom. The van der Waals surface area contributed by atoms with Crippen LogP contribution in [0.3, 0.4) is 0 Å². The molecule has 0 spiro atoms. The summed E-state index contributed by atoms with van der Waals surface area (Å²) in [5, 5.41) is 0. The summed E-state index contributed by atoms with van der Waals surface area (Å²) in [6, 6.07) is -0.356. The van der Waals surface area contributed by atoms with Crippen LogP contribution in [0.15, 0.2) is 0 Å². The number of halogens is 4. The van der Waals surface area contributed by atoms with Crippen molar-refractivity contribution in [3.05, 3.63) is 0 Å². The second kappa shape index (κ2) is 9.01. The van der Waals surface area contributed by atoms with Crippen molar-refractivity contribution in [2.24, 2.45) is 11.5 Å². The Bertz CT molecular complexity index is 114. The van der Waals surface area contributed by atoms with E-state index in [-0.39, 0.29) is 6.04 Å². The van der Waals surface area contributed by atoms with Crippen molar-refractivity contribution < 1.29 is 16.7 Å². The molecule has 8 heteroatoms. The van der Waals surface area contributed by atoms with Crippen LogP contribution in [-0.4, -0.2) is 18.9 Å². The van der Waals surface area contributed by atoms with Crippen molar-refractivity contribution in [3.63, 3.8) is 0 Å². The summed E-state index contributed by atoms with van der Waals surface area (Å²) < 4.78 is 0. The van der Waals surface area contributed by atoms with E-state index >= 15 is 0 Å². The molecule has 4 N–H and O–H groups in total. The second-order valence-electron chi connectivity index (χ2n) is 1.65. The average Bonchev–Trinajstić information content (AvgIpc) is 1.85. The van der Waals surface area contributed by atoms with Gasteiger partial charge in [-0.2, -0.15) is 0 Å². The maximum absolute atomic E-state index is 9.71. The monoisotopic (exact) mass is 437 g/mol. The van der Waals surface area contributed by atoms with E-state index in [2.05, 4.69) is 0 Å². The molecule has 0 aliphatic rings. The third-order valence-electron chi connectivity index (χ3n) is 0.675. The van der Waals surface area contributed by atoms with E-state index in [1.165, 1.54) is 0 Å². The fraction of sp³-hybridized carbons (Fsp3) is 0.750. The number of rotatable bonds is 3. The molecule has 0 saturated carbocycles. The SMILES string of the molecule is NCCC(N)C=O.[Cl][Pt]([Cl])([Cl])[Cl]. The second-order valence-corrected chi connectivity index (χ2v) is 21.3. The summed E-state index contributed by atoms with van der Waals surface area (Å²) in [6.45, 7) is 0.486. The third kappa shape index (κ3) is 30.1. The van der Waals surface area contributed by atoms with E-state index in [1.807, 2.05) is 0 Å². The van der Waals surface area contributed by atoms with E-state index in [1.54, 1.807) is 0 Å². The van der Waals surface area contributed by atoms with Gasteiger partial charge in [-0.15, -0.1) is 0 Å². The summed E-state index contributed by atoms with van der Waals surface area (Å²) in [5.41, 5.74) is 10.2. The molecular weight excluding hydrogens is 429 g/mol. The van der Waals surface area contributed by atoms with E-state index < -0.39 is 11.9 Å². The first-order valence-electron chi connectivity index (χ1n) is 2.70. The fourth-order valence-corrected chi connectivity index (χ4v) is 0.260. The Morgan fingerprint density at radius 2 is 1.67 bits per heavy atom. The molecule has 0 aliphatic carbocycles. The number of carbonyl (C=O) groups excluding carboxylic acids is 1. The van der Waals surface area contributed by atoms with Crippen LogP contribution in [0, 0.1) is 0 Å². The summed E-state index contributed by atoms with van der Waals surface area (Å²) in [5.74, 6) is 0. The average molecular weight is 439 g/mol. The van der Waals surface area contributed by atoms with Crippen molar-refractivity contribution in [1.82, 2.24) is 0 Å². The van der Waals surface area contributed by atoms with Crippen LogP contribution < -0.4 is 11.5 Å². The molecule has 3 nitrogen and oxygen atoms in total. The van der Waals surface area contributed by atoms with Gasteiger partial charge in [0.2, 0.25) is 0 Å². The van der Waals surface area contributed by atoms with Crippen molar-refractivity contribution in [2.75, 3.05) is 6.54 Å². The van der Waals surface area contributed by atoms with Gasteiger partial charge in [-0.1, -0.05) is 0 Å². The molecular formula is C4H10Cl4N2OPt. The minimum absolute atomic E-state index is 0.356. The Balaban J connectivity index is 0. The number of aldehydes is 1. The first-order chi connectivity index (χ1) is 5.31. The van der Waals surface area contributed by atoms with Gasteiger partial charge >= 0.3 is 49.6 Å². The van der Waals surface area contributed by atoms with E-state index in [9.17, 15) is 4.79 Å². The van der Waals surface area contributed by atoms with Crippen LogP contribution in [0.5, 0.6) is 0 Å². The Kier molecular flexibility index (Phi) is 11.9. The number of hydrogen-bond acceptors (Lipinski definition) is 3. The molecule has 80 valence electrons. The molecule has 0 bridgehead atoms. The molecule has 0 fully saturated rings. The predicted octanol–water partition coefficient (Wildman–Crippen LogP) is 1.62. The van der Waals surface area contributed by atoms with Crippen LogP contribution >= 0.6 is 37.7 Å². The molecule has 0 amide bonds. The molecule has 1 atom stereocenters. The molecule has 0 aliphatic heterocycles. The van der Waals surface area contributed by atoms with Crippen molar-refractivity contribution in [2.45, 2.75) is 12.5 Å². The van der Waals surface area contributed by atoms with Crippen LogP contribution in [0.1, 0.15) is 6.42 Å². The Labute approximate surface area is 90.6 Å². The van der Waals surface area contributed by atoms with Gasteiger partial charge in [0.25, 0.3) is 0 Å². The van der Waals surface area contributed by atoms with Crippen LogP contribution in [0.4, 0.5) is 0 Å². The van der Waals surface area contributed by atoms with Gasteiger partial charge in [-0.05, 0) is 13.0 Å². The van der Waals surface area contributed by atoms with Gasteiger partial charge in [-0.3, -0.25) is 0 Å². The predicted molar refractivity (Wildman–Crippen MR) is 51.1 cm³/mol. The van der Waals surface area contributed by atoms with Gasteiger partial charge in [0.15, 0.2) is 0 Å². The molecule has 0 heterocycles. The number of hydrogen-bond donors (Lipinski definition) is 2. The van der Waals surface area contributed by atoms with Crippen molar-refractivity contribution >= 4 is 44.0 Å². The summed E-state index contributed by atoms with van der Waals surface area (Å²) in [6.07, 6.45) is 1.29. The maximum atomic E-state index is 9.71. The number of carbonyl (C=O) groups is 1. The summed E-state index contributed by atoms with van der Waals surface area (Å²) in [4.78, 5) is 9.71. The molecule has 0 rings (SSSR count). The minimum atomic E-state index is -3.06. The zero-order chi connectivity index (χ0) is 10.2. The van der Waals surface area contributed by atoms with Crippen LogP contribution in [-0.2, 0) is 16.7 Å². The first-order valence-corrected chi connectivity index (χ1v) is 14.0. The molecule has 0 aromatic rings. The van der Waals surface area contributed by atoms with Gasteiger partial charge in [0.1, 0.15) is 6.29 Å². The topological polar surface area (TPSA) is 69.1 Å². The molecule has 12 heavy (non-hydrogen) atoms. The van der Waals surface area contributed by atoms with Crippen LogP contribution in [0.25, 0.3) is 0 Å². The number of nitrogens with two attached hydrogens (primary N) is 2. The van der Waals surface area contributed by atoms with E-state index in [0.29, 0.717) is 19.3 Å². The summed E-state index contributed by atoms with van der Waals surface area (Å²) in [7, 11) is 20.0. The molecule has 1 unspecified atom stereocenters. The van der Waals surface area contributed by atoms with Gasteiger partial charge in [0, 0.05) is 0 Å². The zero-order valence-corrected chi connectivity index (χ0v) is 11.3. The fourth-order valence-electron chi connectivity index (χ4n) is 0.260. The zero-order valence-electron chi connectivity index (χ0n) is 5.96. The Hall–Kier alpha value is 1.44. The molecule has 0 aromatic carbocycles. The molecule has 0 aromatic heterocycles. The standard InChI is InChI=1S/C4H10N2O.4ClH.Pt/c5-2-1-4(6)3-7;;;;;/h3-4H,1-2,5-6H2;4*1H;/q;;;;;+4/p-4. The van der Waals surface area contributed by atoms with Crippen LogP contribution in [0.2, 0.25) is 0 Å². The summed E-state index contributed by atoms with van der Waals surface area (Å²) >= 11 is -3.06. The van der Waals surface area contributed by atoms with Gasteiger partial charge in [-0.25, -0.2) is 0 Å². The van der Waals surface area contributed by atoms with Crippen molar-refractivity contribution in [3.8, 4) is 0 Å². The quantitative estimate of drug-likeness (QED) is 0.658. The molecule has 0 radical (unpaired) electrons. The van der Waals surface area contributed by atoms with Gasteiger partial charge < -0.3 is 16.3 Å². The van der Waals surface area contributed by atoms with Gasteiger partial charge in [0.05, 0.1) is 6.04 Å². The van der Waals surface area contributed by atoms with E-state index in [0.717, 1.165) is 0 Å².